The number of nitrogens with one attached hydrogen (secondary N) is 1. The van der Waals surface area contributed by atoms with E-state index in [2.05, 4.69) is 82.9 Å². The molecule has 1 aliphatic heterocycles. The van der Waals surface area contributed by atoms with Crippen molar-refractivity contribution in [3.05, 3.63) is 54.1 Å². The van der Waals surface area contributed by atoms with Crippen LogP contribution in [0.15, 0.2) is 48.0 Å². The predicted octanol–water partition coefficient (Wildman–Crippen LogP) is 3.38. The number of aromatic nitrogens is 2. The second kappa shape index (κ2) is 10.4. The summed E-state index contributed by atoms with van der Waals surface area (Å²) < 4.78 is 2.24. The summed E-state index contributed by atoms with van der Waals surface area (Å²) in [7, 11) is 2.15. The van der Waals surface area contributed by atoms with Gasteiger partial charge < -0.3 is 19.7 Å². The third-order valence-corrected chi connectivity index (χ3v) is 5.86. The zero-order valence-electron chi connectivity index (χ0n) is 18.4. The molecule has 2 heterocycles. The summed E-state index contributed by atoms with van der Waals surface area (Å²) in [6.45, 7) is 12.3. The van der Waals surface area contributed by atoms with Gasteiger partial charge in [0.15, 0.2) is 5.96 Å². The fraction of sp³-hybridized carbons (Fsp3) is 0.565. The van der Waals surface area contributed by atoms with E-state index in [0.717, 1.165) is 45.1 Å². The number of likely N-dealkylation sites (tertiary alicyclic amines) is 1. The molecular formula is C23H36N6. The lowest BCUT2D eigenvalue weighted by molar-refractivity contribution is 0.189. The van der Waals surface area contributed by atoms with Crippen LogP contribution in [0.1, 0.15) is 44.4 Å². The fourth-order valence-electron chi connectivity index (χ4n) is 3.94. The maximum Gasteiger partial charge on any atom is 0.194 e. The molecule has 2 aromatic rings. The zero-order valence-corrected chi connectivity index (χ0v) is 18.4. The van der Waals surface area contributed by atoms with E-state index < -0.39 is 0 Å². The van der Waals surface area contributed by atoms with E-state index in [1.165, 1.54) is 11.1 Å². The van der Waals surface area contributed by atoms with Gasteiger partial charge in [0, 0.05) is 38.6 Å². The number of nitrogens with zero attached hydrogens (tertiary/aromatic N) is 5. The van der Waals surface area contributed by atoms with Crippen molar-refractivity contribution in [1.82, 2.24) is 24.7 Å². The maximum absolute atomic E-state index is 4.98. The largest absolute Gasteiger partial charge is 0.357 e. The Bertz CT molecular complexity index is 769. The lowest BCUT2D eigenvalue weighted by Gasteiger charge is -2.39. The lowest BCUT2D eigenvalue weighted by Crippen LogP contribution is -2.49. The van der Waals surface area contributed by atoms with Crippen molar-refractivity contribution < 1.29 is 0 Å². The molecule has 1 aromatic carbocycles. The van der Waals surface area contributed by atoms with Crippen molar-refractivity contribution >= 4 is 5.96 Å². The summed E-state index contributed by atoms with van der Waals surface area (Å²) in [6, 6.07) is 9.24. The number of rotatable bonds is 7. The molecule has 3 rings (SSSR count). The van der Waals surface area contributed by atoms with Crippen molar-refractivity contribution in [2.45, 2.75) is 46.3 Å². The highest BCUT2D eigenvalue weighted by atomic mass is 15.3. The Hall–Kier alpha value is -2.34. The molecule has 6 nitrogen and oxygen atoms in total. The van der Waals surface area contributed by atoms with Gasteiger partial charge in [0.25, 0.3) is 0 Å². The van der Waals surface area contributed by atoms with Crippen molar-refractivity contribution in [3.63, 3.8) is 0 Å². The summed E-state index contributed by atoms with van der Waals surface area (Å²) in [4.78, 5) is 13.9. The second-order valence-corrected chi connectivity index (χ2v) is 8.11. The molecule has 0 saturated carbocycles. The van der Waals surface area contributed by atoms with Gasteiger partial charge in [0.2, 0.25) is 0 Å². The van der Waals surface area contributed by atoms with Crippen LogP contribution in [-0.4, -0.2) is 58.5 Å². The average Bonchev–Trinajstić information content (AvgIpc) is 3.26. The number of hydrogen-bond donors (Lipinski definition) is 1. The molecule has 0 bridgehead atoms. The number of piperidine rings is 1. The summed E-state index contributed by atoms with van der Waals surface area (Å²) >= 11 is 0. The minimum atomic E-state index is 0.433. The molecule has 0 spiro atoms. The first kappa shape index (κ1) is 21.4. The minimum absolute atomic E-state index is 0.433. The van der Waals surface area contributed by atoms with Crippen LogP contribution in [0.2, 0.25) is 0 Å². The van der Waals surface area contributed by atoms with E-state index in [4.69, 9.17) is 4.99 Å². The summed E-state index contributed by atoms with van der Waals surface area (Å²) in [6.07, 6.45) is 7.04. The highest BCUT2D eigenvalue weighted by Gasteiger charge is 2.28. The zero-order chi connectivity index (χ0) is 20.6. The SMILES string of the molecule is CCNC(=NCc1cccc(CN(C)CC)c1)N1CCC(C)C(n2ccnc2)C1. The van der Waals surface area contributed by atoms with Gasteiger partial charge in [-0.25, -0.2) is 9.98 Å². The normalized spacial score (nSPS) is 20.3. The van der Waals surface area contributed by atoms with E-state index in [-0.39, 0.29) is 0 Å². The standard InChI is InChI=1S/C23H36N6/c1-5-25-23(26-15-20-8-7-9-21(14-20)16-27(4)6-2)28-12-10-19(3)22(17-28)29-13-11-24-18-29/h7-9,11,13-14,18-19,22H,5-6,10,12,15-17H2,1-4H3,(H,25,26). The number of imidazole rings is 1. The van der Waals surface area contributed by atoms with Crippen LogP contribution in [0.3, 0.4) is 0 Å². The van der Waals surface area contributed by atoms with Gasteiger partial charge in [-0.15, -0.1) is 0 Å². The van der Waals surface area contributed by atoms with Gasteiger partial charge in [-0.2, -0.15) is 0 Å². The van der Waals surface area contributed by atoms with Gasteiger partial charge >= 0.3 is 0 Å². The fourth-order valence-corrected chi connectivity index (χ4v) is 3.94. The van der Waals surface area contributed by atoms with Crippen molar-refractivity contribution in [2.75, 3.05) is 33.2 Å². The molecule has 1 aromatic heterocycles. The third kappa shape index (κ3) is 5.82. The smallest absolute Gasteiger partial charge is 0.194 e. The molecule has 1 aliphatic rings. The molecule has 158 valence electrons. The van der Waals surface area contributed by atoms with Gasteiger partial charge in [-0.05, 0) is 44.0 Å². The quantitative estimate of drug-likeness (QED) is 0.576. The van der Waals surface area contributed by atoms with Crippen molar-refractivity contribution in [1.29, 1.82) is 0 Å². The summed E-state index contributed by atoms with van der Waals surface area (Å²) in [5, 5.41) is 3.50. The van der Waals surface area contributed by atoms with Crippen LogP contribution in [0.5, 0.6) is 0 Å². The minimum Gasteiger partial charge on any atom is -0.357 e. The molecule has 1 N–H and O–H groups in total. The molecular weight excluding hydrogens is 360 g/mol. The van der Waals surface area contributed by atoms with Crippen molar-refractivity contribution in [2.24, 2.45) is 10.9 Å². The predicted molar refractivity (Wildman–Crippen MR) is 120 cm³/mol. The molecule has 0 radical (unpaired) electrons. The third-order valence-electron chi connectivity index (χ3n) is 5.86. The Labute approximate surface area is 175 Å². The Morgan fingerprint density at radius 1 is 1.31 bits per heavy atom. The monoisotopic (exact) mass is 396 g/mol. The average molecular weight is 397 g/mol. The first-order valence-corrected chi connectivity index (χ1v) is 10.9. The van der Waals surface area contributed by atoms with Crippen LogP contribution in [0, 0.1) is 5.92 Å². The van der Waals surface area contributed by atoms with E-state index >= 15 is 0 Å². The van der Waals surface area contributed by atoms with Gasteiger partial charge in [0.05, 0.1) is 18.9 Å². The Morgan fingerprint density at radius 3 is 2.86 bits per heavy atom. The van der Waals surface area contributed by atoms with E-state index in [0.29, 0.717) is 18.5 Å². The van der Waals surface area contributed by atoms with Crippen molar-refractivity contribution in [3.8, 4) is 0 Å². The molecule has 2 unspecified atom stereocenters. The Balaban J connectivity index is 1.70. The first-order valence-electron chi connectivity index (χ1n) is 10.9. The number of hydrogen-bond acceptors (Lipinski definition) is 3. The topological polar surface area (TPSA) is 48.7 Å². The molecule has 1 fully saturated rings. The van der Waals surface area contributed by atoms with Gasteiger partial charge in [0.1, 0.15) is 0 Å². The Morgan fingerprint density at radius 2 is 2.14 bits per heavy atom. The van der Waals surface area contributed by atoms with Crippen LogP contribution in [0.4, 0.5) is 0 Å². The number of aliphatic imine (C=N–C) groups is 1. The van der Waals surface area contributed by atoms with Gasteiger partial charge in [-0.3, -0.25) is 0 Å². The van der Waals surface area contributed by atoms with Crippen LogP contribution < -0.4 is 5.32 Å². The molecule has 6 heteroatoms. The van der Waals surface area contributed by atoms with Crippen LogP contribution in [-0.2, 0) is 13.1 Å². The molecule has 0 aliphatic carbocycles. The van der Waals surface area contributed by atoms with E-state index in [1.54, 1.807) is 0 Å². The highest BCUT2D eigenvalue weighted by Crippen LogP contribution is 2.27. The van der Waals surface area contributed by atoms with Crippen LogP contribution >= 0.6 is 0 Å². The Kier molecular flexibility index (Phi) is 7.69. The van der Waals surface area contributed by atoms with Gasteiger partial charge in [-0.1, -0.05) is 38.1 Å². The van der Waals surface area contributed by atoms with Crippen LogP contribution in [0.25, 0.3) is 0 Å². The summed E-state index contributed by atoms with van der Waals surface area (Å²) in [5.74, 6) is 1.65. The number of guanidine groups is 1. The first-order chi connectivity index (χ1) is 14.1. The molecule has 2 atom stereocenters. The highest BCUT2D eigenvalue weighted by molar-refractivity contribution is 5.80. The van der Waals surface area contributed by atoms with E-state index in [9.17, 15) is 0 Å². The molecule has 29 heavy (non-hydrogen) atoms. The number of benzene rings is 1. The lowest BCUT2D eigenvalue weighted by atomic mass is 9.93. The van der Waals surface area contributed by atoms with E-state index in [1.807, 2.05) is 12.5 Å². The molecule has 1 saturated heterocycles. The molecule has 0 amide bonds. The second-order valence-electron chi connectivity index (χ2n) is 8.11. The summed E-state index contributed by atoms with van der Waals surface area (Å²) in [5.41, 5.74) is 2.61. The maximum atomic E-state index is 4.98.